The van der Waals surface area contributed by atoms with Crippen LogP contribution in [0.4, 0.5) is 0 Å². The summed E-state index contributed by atoms with van der Waals surface area (Å²) in [7, 11) is 3.96. The van der Waals surface area contributed by atoms with Crippen LogP contribution in [0.3, 0.4) is 0 Å². The molecule has 1 saturated heterocycles. The number of carbonyl (C=O) groups excluding carboxylic acids is 1. The van der Waals surface area contributed by atoms with Gasteiger partial charge in [0.05, 0.1) is 0 Å². The highest BCUT2D eigenvalue weighted by atomic mass is 16.5. The van der Waals surface area contributed by atoms with Crippen LogP contribution in [0, 0.1) is 17.8 Å². The van der Waals surface area contributed by atoms with Gasteiger partial charge in [0.1, 0.15) is 0 Å². The number of hydrogen-bond acceptors (Lipinski definition) is 3. The molecule has 19 heavy (non-hydrogen) atoms. The van der Waals surface area contributed by atoms with Crippen molar-refractivity contribution in [3.8, 4) is 11.8 Å². The lowest BCUT2D eigenvalue weighted by molar-refractivity contribution is -0.124. The molecular formula is C15H24N2O2. The van der Waals surface area contributed by atoms with Crippen LogP contribution in [0.1, 0.15) is 25.7 Å². The van der Waals surface area contributed by atoms with Crippen LogP contribution in [0.5, 0.6) is 0 Å². The molecule has 0 bridgehead atoms. The molecule has 0 aromatic heterocycles. The topological polar surface area (TPSA) is 32.8 Å². The maximum absolute atomic E-state index is 11.9. The molecule has 0 unspecified atom stereocenters. The third-order valence-corrected chi connectivity index (χ3v) is 3.91. The SMILES string of the molecule is CN(CCN(C)C1CC1)C(=O)C#CC1CCOCC1. The Morgan fingerprint density at radius 1 is 1.16 bits per heavy atom. The van der Waals surface area contributed by atoms with E-state index in [1.807, 2.05) is 7.05 Å². The van der Waals surface area contributed by atoms with Gasteiger partial charge in [0.2, 0.25) is 0 Å². The van der Waals surface area contributed by atoms with E-state index in [-0.39, 0.29) is 5.91 Å². The normalized spacial score (nSPS) is 19.9. The molecule has 0 aromatic rings. The second-order valence-electron chi connectivity index (χ2n) is 5.59. The van der Waals surface area contributed by atoms with Crippen LogP contribution >= 0.6 is 0 Å². The smallest absolute Gasteiger partial charge is 0.298 e. The zero-order chi connectivity index (χ0) is 13.7. The van der Waals surface area contributed by atoms with Crippen molar-refractivity contribution in [3.05, 3.63) is 0 Å². The Morgan fingerprint density at radius 2 is 1.84 bits per heavy atom. The van der Waals surface area contributed by atoms with Crippen LogP contribution in [0.15, 0.2) is 0 Å². The molecule has 1 aliphatic heterocycles. The number of amides is 1. The predicted molar refractivity (Wildman–Crippen MR) is 74.6 cm³/mol. The van der Waals surface area contributed by atoms with Crippen molar-refractivity contribution in [1.82, 2.24) is 9.80 Å². The van der Waals surface area contributed by atoms with Crippen LogP contribution in [0.25, 0.3) is 0 Å². The first-order valence-corrected chi connectivity index (χ1v) is 7.21. The first-order chi connectivity index (χ1) is 9.16. The van der Waals surface area contributed by atoms with Crippen molar-refractivity contribution in [2.24, 2.45) is 5.92 Å². The highest BCUT2D eigenvalue weighted by molar-refractivity contribution is 5.93. The van der Waals surface area contributed by atoms with Gasteiger partial charge in [-0.25, -0.2) is 0 Å². The maximum Gasteiger partial charge on any atom is 0.298 e. The van der Waals surface area contributed by atoms with Gasteiger partial charge in [-0.1, -0.05) is 5.92 Å². The monoisotopic (exact) mass is 264 g/mol. The molecule has 4 nitrogen and oxygen atoms in total. The predicted octanol–water partition coefficient (Wildman–Crippen LogP) is 0.969. The molecule has 4 heteroatoms. The summed E-state index contributed by atoms with van der Waals surface area (Å²) in [6, 6.07) is 0.747. The highest BCUT2D eigenvalue weighted by Gasteiger charge is 2.25. The fourth-order valence-corrected chi connectivity index (χ4v) is 2.21. The van der Waals surface area contributed by atoms with E-state index in [0.717, 1.165) is 45.2 Å². The fourth-order valence-electron chi connectivity index (χ4n) is 2.21. The van der Waals surface area contributed by atoms with E-state index in [4.69, 9.17) is 4.74 Å². The van der Waals surface area contributed by atoms with Gasteiger partial charge in [0.15, 0.2) is 0 Å². The van der Waals surface area contributed by atoms with E-state index in [0.29, 0.717) is 5.92 Å². The van der Waals surface area contributed by atoms with Gasteiger partial charge < -0.3 is 14.5 Å². The van der Waals surface area contributed by atoms with Crippen LogP contribution < -0.4 is 0 Å². The number of likely N-dealkylation sites (N-methyl/N-ethyl adjacent to an activating group) is 2. The van der Waals surface area contributed by atoms with Gasteiger partial charge >= 0.3 is 0 Å². The zero-order valence-corrected chi connectivity index (χ0v) is 12.0. The molecule has 2 rings (SSSR count). The Bertz CT molecular complexity index is 362. The Morgan fingerprint density at radius 3 is 2.47 bits per heavy atom. The van der Waals surface area contributed by atoms with E-state index < -0.39 is 0 Å². The molecule has 2 fully saturated rings. The third kappa shape index (κ3) is 4.85. The molecule has 1 saturated carbocycles. The molecule has 0 N–H and O–H groups in total. The summed E-state index contributed by atoms with van der Waals surface area (Å²) < 4.78 is 5.28. The van der Waals surface area contributed by atoms with Gasteiger partial charge in [-0.3, -0.25) is 4.79 Å². The maximum atomic E-state index is 11.9. The molecule has 0 radical (unpaired) electrons. The minimum atomic E-state index is -0.0595. The first kappa shape index (κ1) is 14.4. The van der Waals surface area contributed by atoms with Crippen LogP contribution in [0.2, 0.25) is 0 Å². The Balaban J connectivity index is 1.70. The second-order valence-corrected chi connectivity index (χ2v) is 5.59. The number of ether oxygens (including phenoxy) is 1. The fraction of sp³-hybridized carbons (Fsp3) is 0.800. The molecule has 0 atom stereocenters. The standard InChI is InChI=1S/C15H24N2O2/c1-16(14-4-5-14)9-10-17(2)15(18)6-3-13-7-11-19-12-8-13/h13-14H,4-5,7-12H2,1-2H3. The van der Waals surface area contributed by atoms with Crippen molar-refractivity contribution in [2.75, 3.05) is 40.4 Å². The van der Waals surface area contributed by atoms with Crippen molar-refractivity contribution in [1.29, 1.82) is 0 Å². The minimum absolute atomic E-state index is 0.0595. The van der Waals surface area contributed by atoms with Crippen LogP contribution in [-0.2, 0) is 9.53 Å². The van der Waals surface area contributed by atoms with E-state index >= 15 is 0 Å². The second kappa shape index (κ2) is 6.93. The minimum Gasteiger partial charge on any atom is -0.381 e. The van der Waals surface area contributed by atoms with Crippen LogP contribution in [-0.4, -0.2) is 62.1 Å². The number of carbonyl (C=O) groups is 1. The van der Waals surface area contributed by atoms with E-state index in [1.165, 1.54) is 12.8 Å². The quantitative estimate of drug-likeness (QED) is 0.709. The number of hydrogen-bond donors (Lipinski definition) is 0. The molecule has 106 valence electrons. The van der Waals surface area contributed by atoms with E-state index in [2.05, 4.69) is 23.8 Å². The van der Waals surface area contributed by atoms with Crippen molar-refractivity contribution >= 4 is 5.91 Å². The summed E-state index contributed by atoms with van der Waals surface area (Å²) >= 11 is 0. The lowest BCUT2D eigenvalue weighted by Crippen LogP contribution is -2.35. The molecule has 2 aliphatic rings. The first-order valence-electron chi connectivity index (χ1n) is 7.21. The average Bonchev–Trinajstić information content (AvgIpc) is 3.27. The summed E-state index contributed by atoms with van der Waals surface area (Å²) in [6.07, 6.45) is 4.51. The summed E-state index contributed by atoms with van der Waals surface area (Å²) in [6.45, 7) is 3.24. The summed E-state index contributed by atoms with van der Waals surface area (Å²) in [5.41, 5.74) is 0. The molecule has 0 aromatic carbocycles. The number of nitrogens with zero attached hydrogens (tertiary/aromatic N) is 2. The molecule has 1 aliphatic carbocycles. The van der Waals surface area contributed by atoms with Gasteiger partial charge in [-0.15, -0.1) is 0 Å². The van der Waals surface area contributed by atoms with Gasteiger partial charge in [-0.05, 0) is 38.7 Å². The van der Waals surface area contributed by atoms with Crippen molar-refractivity contribution < 1.29 is 9.53 Å². The summed E-state index contributed by atoms with van der Waals surface area (Å²) in [5.74, 6) is 6.15. The summed E-state index contributed by atoms with van der Waals surface area (Å²) in [5, 5.41) is 0. The zero-order valence-electron chi connectivity index (χ0n) is 12.0. The average molecular weight is 264 g/mol. The lowest BCUT2D eigenvalue weighted by Gasteiger charge is -2.20. The molecule has 0 spiro atoms. The van der Waals surface area contributed by atoms with Crippen molar-refractivity contribution in [2.45, 2.75) is 31.7 Å². The van der Waals surface area contributed by atoms with E-state index in [1.54, 1.807) is 4.90 Å². The van der Waals surface area contributed by atoms with E-state index in [9.17, 15) is 4.79 Å². The number of rotatable bonds is 4. The van der Waals surface area contributed by atoms with Gasteiger partial charge in [0, 0.05) is 45.3 Å². The molecule has 1 heterocycles. The Labute approximate surface area is 116 Å². The Kier molecular flexibility index (Phi) is 5.24. The third-order valence-electron chi connectivity index (χ3n) is 3.91. The Hall–Kier alpha value is -1.05. The van der Waals surface area contributed by atoms with Gasteiger partial charge in [0.25, 0.3) is 5.91 Å². The largest absolute Gasteiger partial charge is 0.381 e. The van der Waals surface area contributed by atoms with Crippen molar-refractivity contribution in [3.63, 3.8) is 0 Å². The molecular weight excluding hydrogens is 240 g/mol. The highest BCUT2D eigenvalue weighted by Crippen LogP contribution is 2.24. The van der Waals surface area contributed by atoms with Gasteiger partial charge in [-0.2, -0.15) is 0 Å². The molecule has 1 amide bonds. The lowest BCUT2D eigenvalue weighted by atomic mass is 10.0. The summed E-state index contributed by atoms with van der Waals surface area (Å²) in [4.78, 5) is 15.9.